The van der Waals surface area contributed by atoms with Gasteiger partial charge in [-0.1, -0.05) is 36.4 Å². The molecule has 1 aliphatic heterocycles. The van der Waals surface area contributed by atoms with Crippen molar-refractivity contribution in [3.8, 4) is 5.75 Å². The molecule has 1 N–H and O–H groups in total. The van der Waals surface area contributed by atoms with Crippen molar-refractivity contribution >= 4 is 33.6 Å². The number of rotatable bonds is 3. The van der Waals surface area contributed by atoms with E-state index in [1.54, 1.807) is 23.0 Å². The first-order chi connectivity index (χ1) is 14.1. The SMILES string of the molecule is Cn1c(=O)c(C2=NN(c3ccccc3)[C@H](c3cccs3)C2)c(O)c2ccccc21. The van der Waals surface area contributed by atoms with Gasteiger partial charge in [-0.25, -0.2) is 0 Å². The lowest BCUT2D eigenvalue weighted by Gasteiger charge is -2.22. The maximum absolute atomic E-state index is 13.1. The van der Waals surface area contributed by atoms with Crippen molar-refractivity contribution in [1.29, 1.82) is 0 Å². The predicted octanol–water partition coefficient (Wildman–Crippen LogP) is 4.66. The van der Waals surface area contributed by atoms with Gasteiger partial charge >= 0.3 is 0 Å². The Balaban J connectivity index is 1.70. The van der Waals surface area contributed by atoms with E-state index in [1.165, 1.54) is 4.88 Å². The molecule has 0 amide bonds. The van der Waals surface area contributed by atoms with Gasteiger partial charge in [-0.2, -0.15) is 5.10 Å². The zero-order chi connectivity index (χ0) is 20.0. The number of para-hydroxylation sites is 2. The molecule has 29 heavy (non-hydrogen) atoms. The Bertz CT molecular complexity index is 1280. The molecule has 2 aromatic heterocycles. The molecule has 3 heterocycles. The molecule has 0 saturated heterocycles. The summed E-state index contributed by atoms with van der Waals surface area (Å²) in [6.07, 6.45) is 0.552. The average Bonchev–Trinajstić information content (AvgIpc) is 3.43. The van der Waals surface area contributed by atoms with Crippen molar-refractivity contribution < 1.29 is 5.11 Å². The Morgan fingerprint density at radius 3 is 2.55 bits per heavy atom. The molecule has 5 nitrogen and oxygen atoms in total. The first kappa shape index (κ1) is 17.7. The molecule has 1 atom stereocenters. The van der Waals surface area contributed by atoms with Crippen molar-refractivity contribution in [2.24, 2.45) is 12.1 Å². The van der Waals surface area contributed by atoms with Crippen LogP contribution in [0.15, 0.2) is 82.0 Å². The fourth-order valence-electron chi connectivity index (χ4n) is 3.92. The highest BCUT2D eigenvalue weighted by Crippen LogP contribution is 2.39. The van der Waals surface area contributed by atoms with Crippen molar-refractivity contribution in [2.45, 2.75) is 12.5 Å². The minimum atomic E-state index is -0.236. The van der Waals surface area contributed by atoms with Crippen molar-refractivity contribution in [2.75, 3.05) is 5.01 Å². The van der Waals surface area contributed by atoms with Gasteiger partial charge in [0.2, 0.25) is 0 Å². The Hall–Kier alpha value is -3.38. The van der Waals surface area contributed by atoms with E-state index in [4.69, 9.17) is 5.10 Å². The highest BCUT2D eigenvalue weighted by atomic mass is 32.1. The van der Waals surface area contributed by atoms with Crippen molar-refractivity contribution in [1.82, 2.24) is 4.57 Å². The molecule has 2 aromatic carbocycles. The van der Waals surface area contributed by atoms with Crippen molar-refractivity contribution in [3.05, 3.63) is 92.9 Å². The lowest BCUT2D eigenvalue weighted by Crippen LogP contribution is -2.24. The van der Waals surface area contributed by atoms with E-state index in [2.05, 4.69) is 6.07 Å². The zero-order valence-corrected chi connectivity index (χ0v) is 16.6. The summed E-state index contributed by atoms with van der Waals surface area (Å²) in [5, 5.41) is 20.4. The van der Waals surface area contributed by atoms with E-state index >= 15 is 0 Å². The molecule has 5 rings (SSSR count). The number of aryl methyl sites for hydroxylation is 1. The van der Waals surface area contributed by atoms with Crippen molar-refractivity contribution in [3.63, 3.8) is 0 Å². The highest BCUT2D eigenvalue weighted by Gasteiger charge is 2.33. The third-order valence-corrected chi connectivity index (χ3v) is 6.34. The summed E-state index contributed by atoms with van der Waals surface area (Å²) in [5.41, 5.74) is 2.31. The minimum Gasteiger partial charge on any atom is -0.506 e. The first-order valence-corrected chi connectivity index (χ1v) is 10.3. The Kier molecular flexibility index (Phi) is 4.21. The summed E-state index contributed by atoms with van der Waals surface area (Å²) in [5.74, 6) is 0.00212. The minimum absolute atomic E-state index is 0.00212. The molecular formula is C23H19N3O2S. The monoisotopic (exact) mass is 401 g/mol. The third-order valence-electron chi connectivity index (χ3n) is 5.37. The fourth-order valence-corrected chi connectivity index (χ4v) is 4.73. The number of aromatic nitrogens is 1. The number of hydrogen-bond acceptors (Lipinski definition) is 5. The second-order valence-corrected chi connectivity index (χ2v) is 8.05. The van der Waals surface area contributed by atoms with Crippen LogP contribution >= 0.6 is 11.3 Å². The maximum atomic E-state index is 13.1. The molecule has 0 aliphatic carbocycles. The number of pyridine rings is 1. The predicted molar refractivity (Wildman–Crippen MR) is 118 cm³/mol. The normalized spacial score (nSPS) is 16.4. The number of hydrazone groups is 1. The van der Waals surface area contributed by atoms with Gasteiger partial charge < -0.3 is 9.67 Å². The van der Waals surface area contributed by atoms with Crippen LogP contribution in [0.1, 0.15) is 22.9 Å². The molecular weight excluding hydrogens is 382 g/mol. The molecule has 0 fully saturated rings. The Morgan fingerprint density at radius 2 is 1.79 bits per heavy atom. The molecule has 0 bridgehead atoms. The van der Waals surface area contributed by atoms with Gasteiger partial charge in [-0.05, 0) is 35.7 Å². The summed E-state index contributed by atoms with van der Waals surface area (Å²) in [6.45, 7) is 0. The molecule has 4 aromatic rings. The molecule has 0 spiro atoms. The van der Waals surface area contributed by atoms with E-state index in [1.807, 2.05) is 71.1 Å². The summed E-state index contributed by atoms with van der Waals surface area (Å²) in [7, 11) is 1.73. The number of fused-ring (bicyclic) bond motifs is 1. The number of anilines is 1. The number of hydrogen-bond donors (Lipinski definition) is 1. The topological polar surface area (TPSA) is 57.8 Å². The van der Waals surface area contributed by atoms with E-state index in [0.717, 1.165) is 5.69 Å². The van der Waals surface area contributed by atoms with Gasteiger partial charge in [-0.15, -0.1) is 11.3 Å². The first-order valence-electron chi connectivity index (χ1n) is 9.41. The third kappa shape index (κ3) is 2.84. The van der Waals surface area contributed by atoms with Crippen LogP contribution in [-0.4, -0.2) is 15.4 Å². The quantitative estimate of drug-likeness (QED) is 0.543. The van der Waals surface area contributed by atoms with E-state index in [-0.39, 0.29) is 22.9 Å². The summed E-state index contributed by atoms with van der Waals surface area (Å²) in [4.78, 5) is 14.3. The average molecular weight is 401 g/mol. The van der Waals surface area contributed by atoms with Crippen LogP contribution < -0.4 is 10.6 Å². The molecule has 144 valence electrons. The van der Waals surface area contributed by atoms with Gasteiger partial charge in [-0.3, -0.25) is 9.80 Å². The lowest BCUT2D eigenvalue weighted by molar-refractivity contribution is 0.478. The summed E-state index contributed by atoms with van der Waals surface area (Å²) < 4.78 is 1.58. The van der Waals surface area contributed by atoms with E-state index in [0.29, 0.717) is 23.0 Å². The standard InChI is InChI=1S/C23H19N3O2S/c1-25-18-11-6-5-10-16(18)22(27)21(23(25)28)17-14-19(20-12-7-13-29-20)26(24-17)15-8-3-2-4-9-15/h2-13,19,27H,14H2,1H3/t19-/m0/s1. The summed E-state index contributed by atoms with van der Waals surface area (Å²) in [6, 6.07) is 21.4. The Morgan fingerprint density at radius 1 is 1.03 bits per heavy atom. The molecule has 1 aliphatic rings. The van der Waals surface area contributed by atoms with Gasteiger partial charge in [0.1, 0.15) is 11.3 Å². The second kappa shape index (κ2) is 6.90. The molecule has 0 saturated carbocycles. The molecule has 6 heteroatoms. The smallest absolute Gasteiger partial charge is 0.263 e. The second-order valence-electron chi connectivity index (χ2n) is 7.07. The van der Waals surface area contributed by atoms with E-state index < -0.39 is 0 Å². The van der Waals surface area contributed by atoms with Crippen LogP contribution in [-0.2, 0) is 7.05 Å². The molecule has 0 unspecified atom stereocenters. The van der Waals surface area contributed by atoms with Crippen LogP contribution in [0.4, 0.5) is 5.69 Å². The van der Waals surface area contributed by atoms with Crippen LogP contribution in [0, 0.1) is 0 Å². The number of thiophene rings is 1. The van der Waals surface area contributed by atoms with E-state index in [9.17, 15) is 9.90 Å². The van der Waals surface area contributed by atoms with Crippen LogP contribution in [0.25, 0.3) is 10.9 Å². The number of aromatic hydroxyl groups is 1. The van der Waals surface area contributed by atoms with Gasteiger partial charge in [0.25, 0.3) is 5.56 Å². The van der Waals surface area contributed by atoms with Gasteiger partial charge in [0.15, 0.2) is 0 Å². The largest absolute Gasteiger partial charge is 0.506 e. The number of nitrogens with zero attached hydrogens (tertiary/aromatic N) is 3. The Labute approximate surface area is 171 Å². The van der Waals surface area contributed by atoms with Crippen LogP contribution in [0.5, 0.6) is 5.75 Å². The number of benzene rings is 2. The van der Waals surface area contributed by atoms with Crippen LogP contribution in [0.2, 0.25) is 0 Å². The van der Waals surface area contributed by atoms with Gasteiger partial charge in [0, 0.05) is 23.7 Å². The zero-order valence-electron chi connectivity index (χ0n) is 15.8. The molecule has 0 radical (unpaired) electrons. The van der Waals surface area contributed by atoms with Crippen LogP contribution in [0.3, 0.4) is 0 Å². The highest BCUT2D eigenvalue weighted by molar-refractivity contribution is 7.10. The lowest BCUT2D eigenvalue weighted by atomic mass is 10.0. The fraction of sp³-hybridized carbons (Fsp3) is 0.130. The van der Waals surface area contributed by atoms with Gasteiger partial charge in [0.05, 0.1) is 23.0 Å². The summed E-state index contributed by atoms with van der Waals surface area (Å²) >= 11 is 1.67. The maximum Gasteiger partial charge on any atom is 0.263 e.